The van der Waals surface area contributed by atoms with Gasteiger partial charge in [-0.2, -0.15) is 0 Å². The normalized spacial score (nSPS) is 25.1. The van der Waals surface area contributed by atoms with Crippen LogP contribution in [0.15, 0.2) is 22.7 Å². The predicted octanol–water partition coefficient (Wildman–Crippen LogP) is 4.54. The lowest BCUT2D eigenvalue weighted by Crippen LogP contribution is -2.29. The molecule has 0 saturated heterocycles. The van der Waals surface area contributed by atoms with Crippen molar-refractivity contribution in [3.8, 4) is 5.75 Å². The molecular weight excluding hydrogens is 302 g/mol. The summed E-state index contributed by atoms with van der Waals surface area (Å²) in [4.78, 5) is 0. The minimum atomic E-state index is 0.394. The van der Waals surface area contributed by atoms with Gasteiger partial charge in [0.25, 0.3) is 0 Å². The maximum atomic E-state index is 5.56. The zero-order chi connectivity index (χ0) is 13.8. The van der Waals surface area contributed by atoms with E-state index in [1.807, 2.05) is 0 Å². The summed E-state index contributed by atoms with van der Waals surface area (Å²) in [6.07, 6.45) is 5.35. The van der Waals surface area contributed by atoms with E-state index in [1.54, 1.807) is 7.11 Å². The van der Waals surface area contributed by atoms with Crippen LogP contribution in [-0.2, 0) is 0 Å². The lowest BCUT2D eigenvalue weighted by atomic mass is 9.76. The van der Waals surface area contributed by atoms with E-state index >= 15 is 0 Å². The molecule has 0 radical (unpaired) electrons. The van der Waals surface area contributed by atoms with E-state index < -0.39 is 0 Å². The smallest absolute Gasteiger partial charge is 0.124 e. The summed E-state index contributed by atoms with van der Waals surface area (Å²) in [5.74, 6) is 2.53. The number of hydrogen-bond donors (Lipinski definition) is 1. The molecule has 2 rings (SSSR count). The lowest BCUT2D eigenvalue weighted by molar-refractivity contribution is 0.227. The van der Waals surface area contributed by atoms with Gasteiger partial charge in [-0.1, -0.05) is 41.8 Å². The fourth-order valence-electron chi connectivity index (χ4n) is 3.37. The number of hydrogen-bond acceptors (Lipinski definition) is 2. The molecule has 106 valence electrons. The Bertz CT molecular complexity index is 421. The largest absolute Gasteiger partial charge is 0.496 e. The molecular formula is C16H24BrNO. The van der Waals surface area contributed by atoms with Gasteiger partial charge in [0.05, 0.1) is 7.11 Å². The first kappa shape index (κ1) is 14.9. The van der Waals surface area contributed by atoms with Gasteiger partial charge >= 0.3 is 0 Å². The van der Waals surface area contributed by atoms with Crippen molar-refractivity contribution in [1.29, 1.82) is 0 Å². The molecule has 0 aromatic heterocycles. The van der Waals surface area contributed by atoms with E-state index in [0.717, 1.165) is 16.1 Å². The van der Waals surface area contributed by atoms with Crippen molar-refractivity contribution < 1.29 is 4.74 Å². The van der Waals surface area contributed by atoms with Gasteiger partial charge in [0.2, 0.25) is 0 Å². The van der Waals surface area contributed by atoms with Gasteiger partial charge in [0.1, 0.15) is 5.75 Å². The quantitative estimate of drug-likeness (QED) is 0.877. The summed E-state index contributed by atoms with van der Waals surface area (Å²) in [7, 11) is 3.81. The molecule has 1 N–H and O–H groups in total. The van der Waals surface area contributed by atoms with Crippen molar-refractivity contribution in [3.63, 3.8) is 0 Å². The highest BCUT2D eigenvalue weighted by molar-refractivity contribution is 9.10. The van der Waals surface area contributed by atoms with Crippen LogP contribution >= 0.6 is 15.9 Å². The van der Waals surface area contributed by atoms with Crippen molar-refractivity contribution in [1.82, 2.24) is 5.32 Å². The molecule has 0 bridgehead atoms. The Balaban J connectivity index is 2.25. The van der Waals surface area contributed by atoms with Gasteiger partial charge < -0.3 is 10.1 Å². The second kappa shape index (κ2) is 6.76. The van der Waals surface area contributed by atoms with Crippen LogP contribution in [0.2, 0.25) is 0 Å². The van der Waals surface area contributed by atoms with Crippen LogP contribution in [0.4, 0.5) is 0 Å². The third-order valence-corrected chi connectivity index (χ3v) is 4.78. The molecule has 1 aromatic carbocycles. The zero-order valence-corrected chi connectivity index (χ0v) is 13.7. The molecule has 1 aliphatic rings. The molecule has 3 unspecified atom stereocenters. The number of ether oxygens (including phenoxy) is 1. The van der Waals surface area contributed by atoms with Gasteiger partial charge in [-0.05, 0) is 43.9 Å². The number of rotatable bonds is 4. The summed E-state index contributed by atoms with van der Waals surface area (Å²) >= 11 is 3.51. The maximum Gasteiger partial charge on any atom is 0.124 e. The number of methoxy groups -OCH3 is 1. The highest BCUT2D eigenvalue weighted by Gasteiger charge is 2.28. The molecule has 0 heterocycles. The van der Waals surface area contributed by atoms with Crippen LogP contribution in [-0.4, -0.2) is 14.2 Å². The van der Waals surface area contributed by atoms with Gasteiger partial charge in [0.15, 0.2) is 0 Å². The molecule has 1 aliphatic carbocycles. The Hall–Kier alpha value is -0.540. The van der Waals surface area contributed by atoms with E-state index in [1.165, 1.54) is 31.2 Å². The van der Waals surface area contributed by atoms with Crippen molar-refractivity contribution >= 4 is 15.9 Å². The Kier molecular flexibility index (Phi) is 5.28. The van der Waals surface area contributed by atoms with Gasteiger partial charge in [0, 0.05) is 16.1 Å². The number of nitrogens with one attached hydrogen (secondary N) is 1. The van der Waals surface area contributed by atoms with Crippen molar-refractivity contribution in [2.24, 2.45) is 11.8 Å². The molecule has 1 aromatic rings. The summed E-state index contributed by atoms with van der Waals surface area (Å²) < 4.78 is 6.63. The van der Waals surface area contributed by atoms with Crippen LogP contribution in [0.1, 0.15) is 44.2 Å². The van der Waals surface area contributed by atoms with E-state index in [-0.39, 0.29) is 0 Å². The van der Waals surface area contributed by atoms with E-state index in [0.29, 0.717) is 12.0 Å². The monoisotopic (exact) mass is 325 g/mol. The summed E-state index contributed by atoms with van der Waals surface area (Å²) in [5, 5.41) is 3.51. The van der Waals surface area contributed by atoms with Crippen LogP contribution in [0.3, 0.4) is 0 Å². The molecule has 1 saturated carbocycles. The van der Waals surface area contributed by atoms with Crippen LogP contribution < -0.4 is 10.1 Å². The maximum absolute atomic E-state index is 5.56. The fraction of sp³-hybridized carbons (Fsp3) is 0.625. The van der Waals surface area contributed by atoms with Crippen molar-refractivity contribution in [2.75, 3.05) is 14.2 Å². The second-order valence-corrected chi connectivity index (χ2v) is 6.60. The SMILES string of the molecule is CNC(c1ccc(Br)cc1OC)C1CCCC(C)C1. The van der Waals surface area contributed by atoms with Gasteiger partial charge in [-0.25, -0.2) is 0 Å². The minimum Gasteiger partial charge on any atom is -0.496 e. The highest BCUT2D eigenvalue weighted by Crippen LogP contribution is 2.40. The Morgan fingerprint density at radius 1 is 1.37 bits per heavy atom. The first-order chi connectivity index (χ1) is 9.15. The van der Waals surface area contributed by atoms with E-state index in [9.17, 15) is 0 Å². The molecule has 0 spiro atoms. The topological polar surface area (TPSA) is 21.3 Å². The third kappa shape index (κ3) is 3.51. The van der Waals surface area contributed by atoms with Crippen LogP contribution in [0, 0.1) is 11.8 Å². The Morgan fingerprint density at radius 2 is 2.16 bits per heavy atom. The average Bonchev–Trinajstić information content (AvgIpc) is 2.41. The third-order valence-electron chi connectivity index (χ3n) is 4.29. The molecule has 3 heteroatoms. The van der Waals surface area contributed by atoms with Crippen LogP contribution in [0.5, 0.6) is 5.75 Å². The fourth-order valence-corrected chi connectivity index (χ4v) is 3.71. The molecule has 0 aliphatic heterocycles. The molecule has 2 nitrogen and oxygen atoms in total. The zero-order valence-electron chi connectivity index (χ0n) is 12.1. The predicted molar refractivity (Wildman–Crippen MR) is 83.6 cm³/mol. The average molecular weight is 326 g/mol. The standard InChI is InChI=1S/C16H24BrNO/c1-11-5-4-6-12(9-11)16(18-2)14-8-7-13(17)10-15(14)19-3/h7-8,10-12,16,18H,4-6,9H2,1-3H3. The Morgan fingerprint density at radius 3 is 2.79 bits per heavy atom. The first-order valence-corrected chi connectivity index (χ1v) is 7.95. The van der Waals surface area contributed by atoms with Crippen molar-refractivity contribution in [3.05, 3.63) is 28.2 Å². The lowest BCUT2D eigenvalue weighted by Gasteiger charge is -2.34. The molecule has 1 fully saturated rings. The summed E-state index contributed by atoms with van der Waals surface area (Å²) in [6.45, 7) is 2.37. The highest BCUT2D eigenvalue weighted by atomic mass is 79.9. The van der Waals surface area contributed by atoms with Gasteiger partial charge in [-0.15, -0.1) is 0 Å². The molecule has 19 heavy (non-hydrogen) atoms. The molecule has 0 amide bonds. The van der Waals surface area contributed by atoms with Gasteiger partial charge in [-0.3, -0.25) is 0 Å². The summed E-state index contributed by atoms with van der Waals surface area (Å²) in [5.41, 5.74) is 1.28. The summed E-state index contributed by atoms with van der Waals surface area (Å²) in [6, 6.07) is 6.75. The van der Waals surface area contributed by atoms with E-state index in [2.05, 4.69) is 53.4 Å². The number of halogens is 1. The van der Waals surface area contributed by atoms with Crippen LogP contribution in [0.25, 0.3) is 0 Å². The van der Waals surface area contributed by atoms with Crippen molar-refractivity contribution in [2.45, 2.75) is 38.6 Å². The first-order valence-electron chi connectivity index (χ1n) is 7.16. The second-order valence-electron chi connectivity index (χ2n) is 5.68. The van der Waals surface area contributed by atoms with E-state index in [4.69, 9.17) is 4.74 Å². The Labute approximate surface area is 125 Å². The molecule has 3 atom stereocenters. The minimum absolute atomic E-state index is 0.394. The number of benzene rings is 1.